The van der Waals surface area contributed by atoms with Crippen molar-refractivity contribution in [3.05, 3.63) is 70.7 Å². The average Bonchev–Trinajstić information content (AvgIpc) is 2.90. The van der Waals surface area contributed by atoms with Crippen molar-refractivity contribution in [2.75, 3.05) is 0 Å². The van der Waals surface area contributed by atoms with Gasteiger partial charge in [0.05, 0.1) is 0 Å². The Morgan fingerprint density at radius 2 is 1.55 bits per heavy atom. The Morgan fingerprint density at radius 1 is 0.800 bits per heavy atom. The highest BCUT2D eigenvalue weighted by atomic mass is 124. The van der Waals surface area contributed by atoms with E-state index in [1.54, 1.807) is 0 Å². The number of benzene rings is 2. The molecule has 0 aliphatic heterocycles. The van der Waals surface area contributed by atoms with E-state index >= 15 is 0 Å². The van der Waals surface area contributed by atoms with Crippen molar-refractivity contribution in [3.8, 4) is 5.82 Å². The Hall–Kier alpha value is -1.88. The van der Waals surface area contributed by atoms with Crippen LogP contribution >= 0.6 is 22.6 Å². The molecule has 0 N–H and O–H groups in total. The zero-order valence-corrected chi connectivity index (χ0v) is 12.8. The van der Waals surface area contributed by atoms with E-state index in [1.165, 1.54) is 25.1 Å². The van der Waals surface area contributed by atoms with Crippen LogP contribution in [0.4, 0.5) is 0 Å². The van der Waals surface area contributed by atoms with Crippen LogP contribution in [0.15, 0.2) is 67.1 Å². The molecule has 20 heavy (non-hydrogen) atoms. The van der Waals surface area contributed by atoms with Crippen molar-refractivity contribution in [1.82, 2.24) is 9.55 Å². The van der Waals surface area contributed by atoms with Crippen LogP contribution in [0.2, 0.25) is 0 Å². The molecule has 0 unspecified atom stereocenters. The van der Waals surface area contributed by atoms with Gasteiger partial charge in [-0.1, -0.05) is 30.3 Å². The molecule has 96 valence electrons. The van der Waals surface area contributed by atoms with Crippen molar-refractivity contribution in [2.45, 2.75) is 0 Å². The smallest absolute Gasteiger partial charge is 0.137 e. The molecule has 0 bridgehead atoms. The monoisotopic (exact) mass is 367 g/mol. The van der Waals surface area contributed by atoms with Gasteiger partial charge in [-0.15, -0.1) is 0 Å². The molecule has 4 rings (SSSR count). The molecule has 2 aromatic heterocycles. The van der Waals surface area contributed by atoms with Crippen LogP contribution < -0.4 is 0 Å². The number of halogens is 1. The normalized spacial score (nSPS) is 11.2. The van der Waals surface area contributed by atoms with Gasteiger partial charge in [0.25, 0.3) is 0 Å². The number of aromatic nitrogens is 2. The van der Waals surface area contributed by atoms with Crippen LogP contribution in [-0.4, -0.2) is 9.55 Å². The molecule has 2 heterocycles. The molecular weight excluding hydrogens is 356 g/mol. The number of hydrogen-bond donors (Lipinski definition) is 0. The van der Waals surface area contributed by atoms with Gasteiger partial charge in [-0.05, 0) is 56.9 Å². The minimum atomic E-state index is 0.954. The van der Waals surface area contributed by atoms with Gasteiger partial charge in [-0.25, -0.2) is 4.98 Å². The highest BCUT2D eigenvalue weighted by molar-refractivity contribution is 14.1. The Morgan fingerprint density at radius 3 is 2.30 bits per heavy atom. The molecule has 2 aromatic carbocycles. The van der Waals surface area contributed by atoms with Gasteiger partial charge in [0.1, 0.15) is 5.82 Å². The summed E-state index contributed by atoms with van der Waals surface area (Å²) in [6.07, 6.45) is 6.18. The summed E-state index contributed by atoms with van der Waals surface area (Å²) in [6, 6.07) is 16.9. The molecule has 0 aliphatic rings. The summed E-state index contributed by atoms with van der Waals surface area (Å²) in [7, 11) is 0. The van der Waals surface area contributed by atoms with Crippen LogP contribution in [0.5, 0.6) is 0 Å². The lowest BCUT2D eigenvalue weighted by molar-refractivity contribution is 1.02. The lowest BCUT2D eigenvalue weighted by Gasteiger charge is -2.04. The fourth-order valence-electron chi connectivity index (χ4n) is 2.46. The van der Waals surface area contributed by atoms with Crippen LogP contribution in [0.25, 0.3) is 27.4 Å². The Labute approximate surface area is 130 Å². The van der Waals surface area contributed by atoms with E-state index in [-0.39, 0.29) is 0 Å². The van der Waals surface area contributed by atoms with Gasteiger partial charge in [0, 0.05) is 27.5 Å². The Kier molecular flexibility index (Phi) is 2.73. The summed E-state index contributed by atoms with van der Waals surface area (Å²) in [6.45, 7) is 0. The molecule has 0 aliphatic carbocycles. The maximum absolute atomic E-state index is 4.56. The first-order valence-electron chi connectivity index (χ1n) is 6.42. The summed E-state index contributed by atoms with van der Waals surface area (Å²) >= 11 is 2.34. The molecule has 0 spiro atoms. The zero-order chi connectivity index (χ0) is 13.5. The van der Waals surface area contributed by atoms with Gasteiger partial charge in [-0.3, -0.25) is 0 Å². The van der Waals surface area contributed by atoms with Gasteiger partial charge in [0.15, 0.2) is 0 Å². The second-order valence-corrected chi connectivity index (χ2v) is 6.07. The molecule has 0 atom stereocenters. The predicted molar refractivity (Wildman–Crippen MR) is 91.3 cm³/mol. The fraction of sp³-hybridized carbons (Fsp3) is 0. The van der Waals surface area contributed by atoms with E-state index in [0.717, 1.165) is 5.82 Å². The Bertz CT molecular complexity index is 891. The van der Waals surface area contributed by atoms with E-state index < -0.39 is 0 Å². The summed E-state index contributed by atoms with van der Waals surface area (Å²) in [4.78, 5) is 4.56. The standard InChI is InChI=1S/C17H11IN2/c18-16-6-5-12-9-19-17(8-15(12)7-16)20-10-13-3-1-2-4-14(13)11-20/h1-11H/i18-3. The first-order chi connectivity index (χ1) is 9.79. The predicted octanol–water partition coefficient (Wildman–Crippen LogP) is 4.78. The molecule has 0 amide bonds. The topological polar surface area (TPSA) is 17.8 Å². The van der Waals surface area contributed by atoms with E-state index in [4.69, 9.17) is 0 Å². The average molecular weight is 367 g/mol. The SMILES string of the molecule is [124I]c1ccc2cnc(-n3cc4ccccc4c3)cc2c1. The summed E-state index contributed by atoms with van der Waals surface area (Å²) in [5, 5.41) is 4.86. The summed E-state index contributed by atoms with van der Waals surface area (Å²) in [5.74, 6) is 0.954. The summed E-state index contributed by atoms with van der Waals surface area (Å²) < 4.78 is 3.33. The second kappa shape index (κ2) is 4.59. The number of nitrogens with zero attached hydrogens (tertiary/aromatic N) is 2. The van der Waals surface area contributed by atoms with Gasteiger partial charge >= 0.3 is 0 Å². The van der Waals surface area contributed by atoms with Crippen molar-refractivity contribution < 1.29 is 0 Å². The molecule has 3 heteroatoms. The highest BCUT2D eigenvalue weighted by Gasteiger charge is 2.03. The van der Waals surface area contributed by atoms with Crippen molar-refractivity contribution >= 4 is 44.1 Å². The van der Waals surface area contributed by atoms with E-state index in [0.29, 0.717) is 0 Å². The largest absolute Gasteiger partial charge is 0.307 e. The first-order valence-corrected chi connectivity index (χ1v) is 7.50. The van der Waals surface area contributed by atoms with Crippen molar-refractivity contribution in [2.24, 2.45) is 0 Å². The van der Waals surface area contributed by atoms with Crippen LogP contribution in [0, 0.1) is 3.57 Å². The minimum Gasteiger partial charge on any atom is -0.307 e. The molecule has 0 saturated carbocycles. The molecule has 4 aromatic rings. The third-order valence-electron chi connectivity index (χ3n) is 3.49. The maximum atomic E-state index is 4.56. The maximum Gasteiger partial charge on any atom is 0.137 e. The molecule has 0 fully saturated rings. The highest BCUT2D eigenvalue weighted by Crippen LogP contribution is 2.22. The third-order valence-corrected chi connectivity index (χ3v) is 4.16. The van der Waals surface area contributed by atoms with E-state index in [9.17, 15) is 0 Å². The number of pyridine rings is 1. The number of fused-ring (bicyclic) bond motifs is 2. The van der Waals surface area contributed by atoms with Crippen LogP contribution in [-0.2, 0) is 0 Å². The first kappa shape index (κ1) is 11.9. The van der Waals surface area contributed by atoms with Crippen LogP contribution in [0.3, 0.4) is 0 Å². The quantitative estimate of drug-likeness (QED) is 0.443. The lowest BCUT2D eigenvalue weighted by Crippen LogP contribution is -1.93. The number of hydrogen-bond acceptors (Lipinski definition) is 1. The number of rotatable bonds is 1. The molecule has 0 saturated heterocycles. The minimum absolute atomic E-state index is 0.954. The molecule has 0 radical (unpaired) electrons. The third kappa shape index (κ3) is 1.98. The molecule has 2 nitrogen and oxygen atoms in total. The Balaban J connectivity index is 1.92. The van der Waals surface area contributed by atoms with Crippen molar-refractivity contribution in [1.29, 1.82) is 0 Å². The lowest BCUT2D eigenvalue weighted by atomic mass is 10.2. The van der Waals surface area contributed by atoms with Gasteiger partial charge in [0.2, 0.25) is 0 Å². The fourth-order valence-corrected chi connectivity index (χ4v) is 2.97. The zero-order valence-electron chi connectivity index (χ0n) is 10.6. The van der Waals surface area contributed by atoms with Crippen molar-refractivity contribution in [3.63, 3.8) is 0 Å². The van der Waals surface area contributed by atoms with Gasteiger partial charge < -0.3 is 4.57 Å². The second-order valence-electron chi connectivity index (χ2n) is 4.83. The molecular formula is C17H11IN2. The van der Waals surface area contributed by atoms with E-state index in [1.807, 2.05) is 6.20 Å². The van der Waals surface area contributed by atoms with E-state index in [2.05, 4.69) is 93.1 Å². The summed E-state index contributed by atoms with van der Waals surface area (Å²) in [5.41, 5.74) is 0. The van der Waals surface area contributed by atoms with Crippen LogP contribution in [0.1, 0.15) is 0 Å². The van der Waals surface area contributed by atoms with Gasteiger partial charge in [-0.2, -0.15) is 0 Å².